The lowest BCUT2D eigenvalue weighted by Crippen LogP contribution is -2.01. The Morgan fingerprint density at radius 2 is 1.91 bits per heavy atom. The zero-order chi connectivity index (χ0) is 8.27. The Bertz CT molecular complexity index is 243. The van der Waals surface area contributed by atoms with Crippen LogP contribution in [0.3, 0.4) is 0 Å². The molecule has 0 spiro atoms. The van der Waals surface area contributed by atoms with Gasteiger partial charge in [0.25, 0.3) is 0 Å². The lowest BCUT2D eigenvalue weighted by Gasteiger charge is -2.02. The van der Waals surface area contributed by atoms with Crippen LogP contribution in [0.25, 0.3) is 0 Å². The molecule has 2 heteroatoms. The zero-order valence-corrected chi connectivity index (χ0v) is 6.25. The minimum Gasteiger partial charge on any atom is -0.296 e. The van der Waals surface area contributed by atoms with E-state index in [-0.39, 0.29) is 0 Å². The molecule has 1 aromatic rings. The van der Waals surface area contributed by atoms with Gasteiger partial charge in [0, 0.05) is 0 Å². The average molecular weight is 152 g/mol. The Morgan fingerprint density at radius 3 is 2.36 bits per heavy atom. The van der Waals surface area contributed by atoms with E-state index in [9.17, 15) is 9.18 Å². The topological polar surface area (TPSA) is 17.1 Å². The fourth-order valence-corrected chi connectivity index (χ4v) is 0.857. The van der Waals surface area contributed by atoms with Gasteiger partial charge in [0.1, 0.15) is 0 Å². The van der Waals surface area contributed by atoms with Crippen LogP contribution in [0.15, 0.2) is 30.3 Å². The van der Waals surface area contributed by atoms with Crippen LogP contribution in [0.1, 0.15) is 18.7 Å². The smallest absolute Gasteiger partial charge is 0.183 e. The molecule has 0 aromatic heterocycles. The van der Waals surface area contributed by atoms with Crippen molar-refractivity contribution in [2.75, 3.05) is 0 Å². The molecule has 0 radical (unpaired) electrons. The van der Waals surface area contributed by atoms with Gasteiger partial charge in [-0.25, -0.2) is 4.39 Å². The third kappa shape index (κ3) is 1.87. The van der Waals surface area contributed by atoms with Crippen LogP contribution in [-0.2, 0) is 4.79 Å². The van der Waals surface area contributed by atoms with Crippen molar-refractivity contribution >= 4 is 5.78 Å². The molecule has 58 valence electrons. The Labute approximate surface area is 64.9 Å². The summed E-state index contributed by atoms with van der Waals surface area (Å²) in [6, 6.07) is 8.42. The van der Waals surface area contributed by atoms with E-state index < -0.39 is 12.0 Å². The van der Waals surface area contributed by atoms with Gasteiger partial charge in [0.15, 0.2) is 12.0 Å². The first kappa shape index (κ1) is 7.92. The van der Waals surface area contributed by atoms with Crippen LogP contribution in [0, 0.1) is 0 Å². The zero-order valence-electron chi connectivity index (χ0n) is 6.25. The van der Waals surface area contributed by atoms with Crippen molar-refractivity contribution in [1.82, 2.24) is 0 Å². The molecule has 0 fully saturated rings. The number of carbonyl (C=O) groups is 1. The monoisotopic (exact) mass is 152 g/mol. The molecule has 0 aliphatic carbocycles. The quantitative estimate of drug-likeness (QED) is 0.635. The summed E-state index contributed by atoms with van der Waals surface area (Å²) in [5.41, 5.74) is 0.431. The van der Waals surface area contributed by atoms with Crippen LogP contribution >= 0.6 is 0 Å². The van der Waals surface area contributed by atoms with Crippen molar-refractivity contribution in [3.63, 3.8) is 0 Å². The fraction of sp³-hybridized carbons (Fsp3) is 0.222. The van der Waals surface area contributed by atoms with Crippen LogP contribution in [-0.4, -0.2) is 5.78 Å². The van der Waals surface area contributed by atoms with Gasteiger partial charge >= 0.3 is 0 Å². The highest BCUT2D eigenvalue weighted by atomic mass is 19.1. The average Bonchev–Trinajstić information content (AvgIpc) is 2.05. The van der Waals surface area contributed by atoms with Crippen molar-refractivity contribution in [3.8, 4) is 0 Å². The van der Waals surface area contributed by atoms with E-state index >= 15 is 0 Å². The van der Waals surface area contributed by atoms with Crippen LogP contribution in [0.5, 0.6) is 0 Å². The van der Waals surface area contributed by atoms with Crippen LogP contribution in [0.4, 0.5) is 4.39 Å². The highest BCUT2D eigenvalue weighted by molar-refractivity contribution is 5.81. The number of hydrogen-bond acceptors (Lipinski definition) is 1. The van der Waals surface area contributed by atoms with E-state index in [0.717, 1.165) is 0 Å². The molecule has 1 nitrogen and oxygen atoms in total. The standard InChI is InChI=1S/C9H9FO/c1-7(11)9(10)8-5-3-2-4-6-8/h2-6,9H,1H3/t9-/m0/s1. The number of Topliss-reactive ketones (excluding diaryl/α,β-unsaturated/α-hetero) is 1. The van der Waals surface area contributed by atoms with Gasteiger partial charge in [-0.1, -0.05) is 30.3 Å². The molecule has 0 N–H and O–H groups in total. The number of halogens is 1. The first-order chi connectivity index (χ1) is 5.22. The van der Waals surface area contributed by atoms with Gasteiger partial charge in [-0.15, -0.1) is 0 Å². The molecule has 0 unspecified atom stereocenters. The van der Waals surface area contributed by atoms with E-state index in [1.807, 2.05) is 0 Å². The lowest BCUT2D eigenvalue weighted by molar-refractivity contribution is -0.121. The molecular weight excluding hydrogens is 143 g/mol. The largest absolute Gasteiger partial charge is 0.296 e. The van der Waals surface area contributed by atoms with Gasteiger partial charge in [-0.05, 0) is 12.5 Å². The third-order valence-corrected chi connectivity index (χ3v) is 1.45. The van der Waals surface area contributed by atoms with Crippen LogP contribution in [0.2, 0.25) is 0 Å². The number of hydrogen-bond donors (Lipinski definition) is 0. The molecule has 0 aliphatic heterocycles. The van der Waals surface area contributed by atoms with Crippen LogP contribution < -0.4 is 0 Å². The number of carbonyl (C=O) groups excluding carboxylic acids is 1. The maximum Gasteiger partial charge on any atom is 0.183 e. The molecule has 0 saturated carbocycles. The predicted octanol–water partition coefficient (Wildman–Crippen LogP) is 2.29. The summed E-state index contributed by atoms with van der Waals surface area (Å²) in [5.74, 6) is -0.448. The fourth-order valence-electron chi connectivity index (χ4n) is 0.857. The highest BCUT2D eigenvalue weighted by Gasteiger charge is 2.13. The summed E-state index contributed by atoms with van der Waals surface area (Å²) in [6.07, 6.45) is -1.46. The van der Waals surface area contributed by atoms with Crippen molar-refractivity contribution in [2.45, 2.75) is 13.1 Å². The number of ketones is 1. The Kier molecular flexibility index (Phi) is 2.36. The summed E-state index contributed by atoms with van der Waals surface area (Å²) in [4.78, 5) is 10.6. The summed E-state index contributed by atoms with van der Waals surface area (Å²) < 4.78 is 12.9. The Hall–Kier alpha value is -1.18. The van der Waals surface area contributed by atoms with E-state index in [1.54, 1.807) is 30.3 Å². The molecule has 0 bridgehead atoms. The van der Waals surface area contributed by atoms with Gasteiger partial charge in [0.2, 0.25) is 0 Å². The molecule has 0 saturated heterocycles. The van der Waals surface area contributed by atoms with E-state index in [0.29, 0.717) is 5.56 Å². The van der Waals surface area contributed by atoms with Gasteiger partial charge in [0.05, 0.1) is 0 Å². The number of rotatable bonds is 2. The minimum absolute atomic E-state index is 0.431. The first-order valence-corrected chi connectivity index (χ1v) is 3.41. The second-order valence-electron chi connectivity index (χ2n) is 2.38. The second kappa shape index (κ2) is 3.28. The maximum absolute atomic E-state index is 12.9. The summed E-state index contributed by atoms with van der Waals surface area (Å²) in [6.45, 7) is 1.25. The molecule has 11 heavy (non-hydrogen) atoms. The summed E-state index contributed by atoms with van der Waals surface area (Å²) in [7, 11) is 0. The third-order valence-electron chi connectivity index (χ3n) is 1.45. The molecule has 0 amide bonds. The first-order valence-electron chi connectivity index (χ1n) is 3.41. The molecule has 1 rings (SSSR count). The summed E-state index contributed by atoms with van der Waals surface area (Å²) in [5, 5.41) is 0. The summed E-state index contributed by atoms with van der Waals surface area (Å²) >= 11 is 0. The SMILES string of the molecule is CC(=O)[C@H](F)c1ccccc1. The minimum atomic E-state index is -1.46. The molecule has 1 atom stereocenters. The van der Waals surface area contributed by atoms with Crippen molar-refractivity contribution < 1.29 is 9.18 Å². The Morgan fingerprint density at radius 1 is 1.36 bits per heavy atom. The predicted molar refractivity (Wildman–Crippen MR) is 41.0 cm³/mol. The van der Waals surface area contributed by atoms with Crippen molar-refractivity contribution in [3.05, 3.63) is 35.9 Å². The highest BCUT2D eigenvalue weighted by Crippen LogP contribution is 2.16. The van der Waals surface area contributed by atoms with Gasteiger partial charge in [-0.3, -0.25) is 4.79 Å². The molecule has 1 aromatic carbocycles. The molecule has 0 heterocycles. The van der Waals surface area contributed by atoms with E-state index in [4.69, 9.17) is 0 Å². The van der Waals surface area contributed by atoms with Gasteiger partial charge in [-0.2, -0.15) is 0 Å². The molecule has 0 aliphatic rings. The second-order valence-corrected chi connectivity index (χ2v) is 2.38. The Balaban J connectivity index is 2.85. The lowest BCUT2D eigenvalue weighted by atomic mass is 10.1. The van der Waals surface area contributed by atoms with E-state index in [2.05, 4.69) is 0 Å². The van der Waals surface area contributed by atoms with Crippen molar-refractivity contribution in [2.24, 2.45) is 0 Å². The maximum atomic E-state index is 12.9. The van der Waals surface area contributed by atoms with Crippen molar-refractivity contribution in [1.29, 1.82) is 0 Å². The normalized spacial score (nSPS) is 12.5. The number of benzene rings is 1. The van der Waals surface area contributed by atoms with Gasteiger partial charge < -0.3 is 0 Å². The molecular formula is C9H9FO. The number of alkyl halides is 1. The van der Waals surface area contributed by atoms with E-state index in [1.165, 1.54) is 6.92 Å².